The van der Waals surface area contributed by atoms with E-state index in [-0.39, 0.29) is 12.2 Å². The summed E-state index contributed by atoms with van der Waals surface area (Å²) in [6, 6.07) is 5.79. The molecule has 0 unspecified atom stereocenters. The molecular weight excluding hydrogens is 228 g/mol. The van der Waals surface area contributed by atoms with Crippen molar-refractivity contribution in [3.63, 3.8) is 0 Å². The molecule has 1 saturated carbocycles. The highest BCUT2D eigenvalue weighted by atomic mass is 16.5. The van der Waals surface area contributed by atoms with Crippen LogP contribution in [0.25, 0.3) is 0 Å². The van der Waals surface area contributed by atoms with Crippen LogP contribution in [0.4, 0.5) is 0 Å². The lowest BCUT2D eigenvalue weighted by molar-refractivity contribution is 0.224. The van der Waals surface area contributed by atoms with E-state index in [1.165, 1.54) is 0 Å². The van der Waals surface area contributed by atoms with Crippen LogP contribution in [0.3, 0.4) is 0 Å². The van der Waals surface area contributed by atoms with Crippen LogP contribution in [0.5, 0.6) is 17.2 Å². The standard InChI is InChI=1S/C15H22O3/c1-10(2)16-13-7-14(17-11(3)4)9-15(8-13)18-12-5-6-12/h7-12H,5-6H2,1-4H3. The molecule has 1 aromatic rings. The average molecular weight is 250 g/mol. The zero-order valence-electron chi connectivity index (χ0n) is 11.6. The summed E-state index contributed by atoms with van der Waals surface area (Å²) in [5.41, 5.74) is 0. The fourth-order valence-electron chi connectivity index (χ4n) is 1.67. The van der Waals surface area contributed by atoms with Crippen LogP contribution in [-0.2, 0) is 0 Å². The van der Waals surface area contributed by atoms with Gasteiger partial charge in [-0.3, -0.25) is 0 Å². The SMILES string of the molecule is CC(C)Oc1cc(OC(C)C)cc(OC2CC2)c1. The number of hydrogen-bond donors (Lipinski definition) is 0. The minimum atomic E-state index is 0.146. The Labute approximate surface area is 109 Å². The second-order valence-corrected chi connectivity index (χ2v) is 5.29. The van der Waals surface area contributed by atoms with Crippen molar-refractivity contribution >= 4 is 0 Å². The molecule has 0 atom stereocenters. The van der Waals surface area contributed by atoms with E-state index in [9.17, 15) is 0 Å². The van der Waals surface area contributed by atoms with Gasteiger partial charge in [0.05, 0.1) is 18.3 Å². The Morgan fingerprint density at radius 2 is 1.28 bits per heavy atom. The topological polar surface area (TPSA) is 27.7 Å². The lowest BCUT2D eigenvalue weighted by Crippen LogP contribution is -2.08. The Morgan fingerprint density at radius 1 is 0.833 bits per heavy atom. The van der Waals surface area contributed by atoms with E-state index >= 15 is 0 Å². The first kappa shape index (κ1) is 13.1. The zero-order chi connectivity index (χ0) is 13.1. The molecule has 3 nitrogen and oxygen atoms in total. The number of ether oxygens (including phenoxy) is 3. The Balaban J connectivity index is 2.16. The molecule has 0 aromatic heterocycles. The van der Waals surface area contributed by atoms with Gasteiger partial charge < -0.3 is 14.2 Å². The fourth-order valence-corrected chi connectivity index (χ4v) is 1.67. The van der Waals surface area contributed by atoms with Gasteiger partial charge in [-0.25, -0.2) is 0 Å². The highest BCUT2D eigenvalue weighted by Gasteiger charge is 2.24. The third kappa shape index (κ3) is 4.13. The van der Waals surface area contributed by atoms with E-state index in [0.29, 0.717) is 6.10 Å². The first-order valence-electron chi connectivity index (χ1n) is 6.68. The molecule has 0 spiro atoms. The quantitative estimate of drug-likeness (QED) is 0.768. The lowest BCUT2D eigenvalue weighted by Gasteiger charge is -2.16. The molecule has 0 radical (unpaired) electrons. The molecular formula is C15H22O3. The summed E-state index contributed by atoms with van der Waals surface area (Å²) in [6.45, 7) is 8.05. The first-order chi connectivity index (χ1) is 8.52. The third-order valence-electron chi connectivity index (χ3n) is 2.42. The second kappa shape index (κ2) is 5.51. The van der Waals surface area contributed by atoms with Gasteiger partial charge in [-0.15, -0.1) is 0 Å². The largest absolute Gasteiger partial charge is 0.491 e. The lowest BCUT2D eigenvalue weighted by atomic mass is 10.3. The maximum absolute atomic E-state index is 5.81. The Hall–Kier alpha value is -1.38. The summed E-state index contributed by atoms with van der Waals surface area (Å²) in [6.07, 6.45) is 2.97. The molecule has 18 heavy (non-hydrogen) atoms. The van der Waals surface area contributed by atoms with Crippen molar-refractivity contribution in [2.24, 2.45) is 0 Å². The van der Waals surface area contributed by atoms with Crippen LogP contribution in [0.15, 0.2) is 18.2 Å². The molecule has 0 amide bonds. The van der Waals surface area contributed by atoms with Crippen molar-refractivity contribution in [1.82, 2.24) is 0 Å². The van der Waals surface area contributed by atoms with Gasteiger partial charge in [0.2, 0.25) is 0 Å². The molecule has 0 heterocycles. The van der Waals surface area contributed by atoms with Crippen LogP contribution in [0.1, 0.15) is 40.5 Å². The van der Waals surface area contributed by atoms with E-state index in [1.54, 1.807) is 0 Å². The van der Waals surface area contributed by atoms with E-state index in [2.05, 4.69) is 0 Å². The van der Waals surface area contributed by atoms with Crippen LogP contribution in [-0.4, -0.2) is 18.3 Å². The maximum atomic E-state index is 5.81. The molecule has 1 aromatic carbocycles. The molecule has 0 aliphatic heterocycles. The first-order valence-corrected chi connectivity index (χ1v) is 6.68. The minimum absolute atomic E-state index is 0.146. The predicted octanol–water partition coefficient (Wildman–Crippen LogP) is 3.80. The van der Waals surface area contributed by atoms with Crippen LogP contribution >= 0.6 is 0 Å². The molecule has 0 bridgehead atoms. The van der Waals surface area contributed by atoms with E-state index in [4.69, 9.17) is 14.2 Å². The molecule has 100 valence electrons. The molecule has 2 rings (SSSR count). The van der Waals surface area contributed by atoms with Gasteiger partial charge in [0.1, 0.15) is 17.2 Å². The Morgan fingerprint density at radius 3 is 1.67 bits per heavy atom. The molecule has 1 aliphatic carbocycles. The molecule has 0 N–H and O–H groups in total. The number of benzene rings is 1. The van der Waals surface area contributed by atoms with Gasteiger partial charge in [-0.1, -0.05) is 0 Å². The summed E-state index contributed by atoms with van der Waals surface area (Å²) < 4.78 is 17.2. The highest BCUT2D eigenvalue weighted by molar-refractivity contribution is 5.42. The summed E-state index contributed by atoms with van der Waals surface area (Å²) in [4.78, 5) is 0. The number of rotatable bonds is 6. The van der Waals surface area contributed by atoms with Crippen molar-refractivity contribution in [2.75, 3.05) is 0 Å². The van der Waals surface area contributed by atoms with Gasteiger partial charge >= 0.3 is 0 Å². The molecule has 0 saturated heterocycles. The normalized spacial score (nSPS) is 15.0. The Kier molecular flexibility index (Phi) is 4.00. The third-order valence-corrected chi connectivity index (χ3v) is 2.42. The van der Waals surface area contributed by atoms with Crippen LogP contribution in [0.2, 0.25) is 0 Å². The second-order valence-electron chi connectivity index (χ2n) is 5.29. The van der Waals surface area contributed by atoms with E-state index in [0.717, 1.165) is 30.1 Å². The smallest absolute Gasteiger partial charge is 0.127 e. The van der Waals surface area contributed by atoms with Gasteiger partial charge in [-0.2, -0.15) is 0 Å². The van der Waals surface area contributed by atoms with Crippen molar-refractivity contribution in [1.29, 1.82) is 0 Å². The summed E-state index contributed by atoms with van der Waals surface area (Å²) in [7, 11) is 0. The van der Waals surface area contributed by atoms with Crippen molar-refractivity contribution in [3.05, 3.63) is 18.2 Å². The van der Waals surface area contributed by atoms with E-state index in [1.807, 2.05) is 45.9 Å². The van der Waals surface area contributed by atoms with E-state index < -0.39 is 0 Å². The van der Waals surface area contributed by atoms with Crippen molar-refractivity contribution < 1.29 is 14.2 Å². The van der Waals surface area contributed by atoms with Crippen molar-refractivity contribution in [2.45, 2.75) is 58.8 Å². The predicted molar refractivity (Wildman–Crippen MR) is 71.6 cm³/mol. The highest BCUT2D eigenvalue weighted by Crippen LogP contribution is 2.33. The monoisotopic (exact) mass is 250 g/mol. The van der Waals surface area contributed by atoms with Gasteiger partial charge in [-0.05, 0) is 40.5 Å². The van der Waals surface area contributed by atoms with Gasteiger partial charge in [0.15, 0.2) is 0 Å². The Bertz CT molecular complexity index is 333. The zero-order valence-corrected chi connectivity index (χ0v) is 11.6. The summed E-state index contributed by atoms with van der Waals surface area (Å²) >= 11 is 0. The van der Waals surface area contributed by atoms with Crippen LogP contribution < -0.4 is 14.2 Å². The minimum Gasteiger partial charge on any atom is -0.491 e. The molecule has 1 aliphatic rings. The summed E-state index contributed by atoms with van der Waals surface area (Å²) in [5.74, 6) is 2.45. The molecule has 1 fully saturated rings. The summed E-state index contributed by atoms with van der Waals surface area (Å²) in [5, 5.41) is 0. The fraction of sp³-hybridized carbons (Fsp3) is 0.600. The van der Waals surface area contributed by atoms with Crippen LogP contribution in [0, 0.1) is 0 Å². The molecule has 3 heteroatoms. The van der Waals surface area contributed by atoms with Gasteiger partial charge in [0.25, 0.3) is 0 Å². The van der Waals surface area contributed by atoms with Crippen molar-refractivity contribution in [3.8, 4) is 17.2 Å². The average Bonchev–Trinajstić information content (AvgIpc) is 2.98. The maximum Gasteiger partial charge on any atom is 0.127 e. The number of hydrogen-bond acceptors (Lipinski definition) is 3. The van der Waals surface area contributed by atoms with Gasteiger partial charge in [0, 0.05) is 18.2 Å².